The lowest BCUT2D eigenvalue weighted by molar-refractivity contribution is -0.122. The normalized spacial score (nSPS) is 13.9. The van der Waals surface area contributed by atoms with Gasteiger partial charge in [0.1, 0.15) is 12.4 Å². The Labute approximate surface area is 122 Å². The molecule has 6 heteroatoms. The first-order valence-corrected chi connectivity index (χ1v) is 6.74. The first-order valence-electron chi connectivity index (χ1n) is 6.74. The third-order valence-electron chi connectivity index (χ3n) is 3.17. The van der Waals surface area contributed by atoms with Crippen molar-refractivity contribution in [3.05, 3.63) is 29.1 Å². The Balaban J connectivity index is 2.25. The molecule has 0 aliphatic carbocycles. The number of nitrogens with zero attached hydrogens (tertiary/aromatic N) is 1. The Hall–Kier alpha value is -2.24. The van der Waals surface area contributed by atoms with Gasteiger partial charge in [0.05, 0.1) is 11.3 Å². The van der Waals surface area contributed by atoms with Gasteiger partial charge in [0.15, 0.2) is 0 Å². The van der Waals surface area contributed by atoms with Crippen LogP contribution in [0.5, 0.6) is 0 Å². The second-order valence-electron chi connectivity index (χ2n) is 5.56. The minimum absolute atomic E-state index is 0.0224. The van der Waals surface area contributed by atoms with Gasteiger partial charge in [-0.05, 0) is 30.5 Å². The molecule has 21 heavy (non-hydrogen) atoms. The standard InChI is InChI=1S/C15H17FN2O3/c1-8(2)6-17-12(19)7-18-13-10(14(20)15(18)21)4-9(3)5-11(13)16/h4-5,8H,6-7H2,1-3H3,(H,17,19). The average molecular weight is 292 g/mol. The van der Waals surface area contributed by atoms with Crippen molar-refractivity contribution < 1.29 is 18.8 Å². The quantitative estimate of drug-likeness (QED) is 0.854. The van der Waals surface area contributed by atoms with E-state index in [1.165, 1.54) is 12.1 Å². The van der Waals surface area contributed by atoms with E-state index in [-0.39, 0.29) is 23.7 Å². The van der Waals surface area contributed by atoms with Crippen LogP contribution in [-0.2, 0) is 9.59 Å². The van der Waals surface area contributed by atoms with Gasteiger partial charge in [-0.15, -0.1) is 0 Å². The van der Waals surface area contributed by atoms with Crippen molar-refractivity contribution in [2.24, 2.45) is 5.92 Å². The van der Waals surface area contributed by atoms with E-state index in [1.807, 2.05) is 13.8 Å². The molecular weight excluding hydrogens is 275 g/mol. The summed E-state index contributed by atoms with van der Waals surface area (Å²) in [7, 11) is 0. The van der Waals surface area contributed by atoms with Crippen LogP contribution in [0.3, 0.4) is 0 Å². The Morgan fingerprint density at radius 2 is 2.00 bits per heavy atom. The van der Waals surface area contributed by atoms with E-state index in [1.54, 1.807) is 6.92 Å². The second kappa shape index (κ2) is 5.63. The number of benzene rings is 1. The summed E-state index contributed by atoms with van der Waals surface area (Å²) in [5, 5.41) is 2.64. The fraction of sp³-hybridized carbons (Fsp3) is 0.400. The van der Waals surface area contributed by atoms with Crippen molar-refractivity contribution in [2.45, 2.75) is 20.8 Å². The molecule has 1 heterocycles. The molecule has 2 amide bonds. The molecule has 112 valence electrons. The van der Waals surface area contributed by atoms with Crippen molar-refractivity contribution in [1.82, 2.24) is 5.32 Å². The lowest BCUT2D eigenvalue weighted by atomic mass is 10.1. The van der Waals surface area contributed by atoms with Gasteiger partial charge in [-0.25, -0.2) is 4.39 Å². The van der Waals surface area contributed by atoms with Gasteiger partial charge in [-0.2, -0.15) is 0 Å². The highest BCUT2D eigenvalue weighted by atomic mass is 19.1. The van der Waals surface area contributed by atoms with E-state index in [2.05, 4.69) is 5.32 Å². The number of aryl methyl sites for hydroxylation is 1. The second-order valence-corrected chi connectivity index (χ2v) is 5.56. The van der Waals surface area contributed by atoms with Crippen LogP contribution in [0.25, 0.3) is 0 Å². The molecule has 0 unspecified atom stereocenters. The number of hydrogen-bond acceptors (Lipinski definition) is 3. The largest absolute Gasteiger partial charge is 0.354 e. The first kappa shape index (κ1) is 15.2. The maximum Gasteiger partial charge on any atom is 0.300 e. The molecule has 0 saturated carbocycles. The average Bonchev–Trinajstić information content (AvgIpc) is 2.62. The minimum Gasteiger partial charge on any atom is -0.354 e. The van der Waals surface area contributed by atoms with Crippen molar-refractivity contribution in [3.8, 4) is 0 Å². The van der Waals surface area contributed by atoms with Gasteiger partial charge in [0.25, 0.3) is 11.7 Å². The summed E-state index contributed by atoms with van der Waals surface area (Å²) in [5.41, 5.74) is 0.475. The van der Waals surface area contributed by atoms with Crippen molar-refractivity contribution in [3.63, 3.8) is 0 Å². The molecule has 1 N–H and O–H groups in total. The molecule has 5 nitrogen and oxygen atoms in total. The molecule has 0 saturated heterocycles. The number of ketones is 1. The zero-order valence-corrected chi connectivity index (χ0v) is 12.2. The zero-order valence-electron chi connectivity index (χ0n) is 12.2. The fourth-order valence-electron chi connectivity index (χ4n) is 2.19. The van der Waals surface area contributed by atoms with Crippen LogP contribution < -0.4 is 10.2 Å². The lowest BCUT2D eigenvalue weighted by Crippen LogP contribution is -2.41. The number of carbonyl (C=O) groups is 3. The van der Waals surface area contributed by atoms with Gasteiger partial charge in [0.2, 0.25) is 5.91 Å². The van der Waals surface area contributed by atoms with E-state index in [9.17, 15) is 18.8 Å². The molecule has 0 bridgehead atoms. The Kier molecular flexibility index (Phi) is 4.06. The number of nitrogens with one attached hydrogen (secondary N) is 1. The number of rotatable bonds is 4. The van der Waals surface area contributed by atoms with Gasteiger partial charge in [0, 0.05) is 6.54 Å². The summed E-state index contributed by atoms with van der Waals surface area (Å²) in [6.45, 7) is 5.60. The number of hydrogen-bond donors (Lipinski definition) is 1. The molecule has 0 radical (unpaired) electrons. The topological polar surface area (TPSA) is 66.5 Å². The SMILES string of the molecule is Cc1cc(F)c2c(c1)C(=O)C(=O)N2CC(=O)NCC(C)C. The molecular formula is C15H17FN2O3. The molecule has 0 spiro atoms. The maximum atomic E-state index is 14.0. The third kappa shape index (κ3) is 2.94. The van der Waals surface area contributed by atoms with Crippen LogP contribution in [0.15, 0.2) is 12.1 Å². The first-order chi connectivity index (χ1) is 9.81. The summed E-state index contributed by atoms with van der Waals surface area (Å²) >= 11 is 0. The highest BCUT2D eigenvalue weighted by molar-refractivity contribution is 6.52. The number of halogens is 1. The van der Waals surface area contributed by atoms with Crippen LogP contribution in [-0.4, -0.2) is 30.7 Å². The van der Waals surface area contributed by atoms with Crippen LogP contribution in [0.1, 0.15) is 29.8 Å². The highest BCUT2D eigenvalue weighted by Gasteiger charge is 2.39. The third-order valence-corrected chi connectivity index (χ3v) is 3.17. The molecule has 1 aliphatic heterocycles. The Bertz CT molecular complexity index is 626. The number of fused-ring (bicyclic) bond motifs is 1. The zero-order chi connectivity index (χ0) is 15.7. The summed E-state index contributed by atoms with van der Waals surface area (Å²) in [4.78, 5) is 36.5. The molecule has 0 aromatic heterocycles. The highest BCUT2D eigenvalue weighted by Crippen LogP contribution is 2.32. The number of Topliss-reactive ketones (excluding diaryl/α,β-unsaturated/α-hetero) is 1. The predicted octanol–water partition coefficient (Wildman–Crippen LogP) is 1.44. The summed E-state index contributed by atoms with van der Waals surface area (Å²) in [5.74, 6) is -2.46. The van der Waals surface area contributed by atoms with Crippen molar-refractivity contribution in [2.75, 3.05) is 18.0 Å². The van der Waals surface area contributed by atoms with E-state index in [4.69, 9.17) is 0 Å². The number of carbonyl (C=O) groups excluding carboxylic acids is 3. The fourth-order valence-corrected chi connectivity index (χ4v) is 2.19. The van der Waals surface area contributed by atoms with Gasteiger partial charge in [-0.1, -0.05) is 13.8 Å². The summed E-state index contributed by atoms with van der Waals surface area (Å²) in [6.07, 6.45) is 0. The molecule has 1 aromatic carbocycles. The summed E-state index contributed by atoms with van der Waals surface area (Å²) in [6, 6.07) is 2.70. The van der Waals surface area contributed by atoms with Crippen molar-refractivity contribution >= 4 is 23.3 Å². The molecule has 0 fully saturated rings. The van der Waals surface area contributed by atoms with Gasteiger partial charge in [-0.3, -0.25) is 19.3 Å². The molecule has 1 aliphatic rings. The number of amides is 2. The van der Waals surface area contributed by atoms with E-state index >= 15 is 0 Å². The minimum atomic E-state index is -0.866. The Morgan fingerprint density at radius 3 is 2.62 bits per heavy atom. The van der Waals surface area contributed by atoms with Crippen LogP contribution in [0.4, 0.5) is 10.1 Å². The molecule has 2 rings (SSSR count). The summed E-state index contributed by atoms with van der Waals surface area (Å²) < 4.78 is 14.0. The monoisotopic (exact) mass is 292 g/mol. The molecule has 0 atom stereocenters. The van der Waals surface area contributed by atoms with Crippen LogP contribution in [0.2, 0.25) is 0 Å². The smallest absolute Gasteiger partial charge is 0.300 e. The van der Waals surface area contributed by atoms with Gasteiger partial charge >= 0.3 is 0 Å². The van der Waals surface area contributed by atoms with Crippen LogP contribution in [0, 0.1) is 18.7 Å². The van der Waals surface area contributed by atoms with E-state index < -0.39 is 23.4 Å². The Morgan fingerprint density at radius 1 is 1.33 bits per heavy atom. The van der Waals surface area contributed by atoms with Crippen LogP contribution >= 0.6 is 0 Å². The lowest BCUT2D eigenvalue weighted by Gasteiger charge is -2.17. The predicted molar refractivity (Wildman–Crippen MR) is 75.7 cm³/mol. The maximum absolute atomic E-state index is 14.0. The van der Waals surface area contributed by atoms with E-state index in [0.717, 1.165) is 4.90 Å². The van der Waals surface area contributed by atoms with Gasteiger partial charge < -0.3 is 5.32 Å². The van der Waals surface area contributed by atoms with E-state index in [0.29, 0.717) is 12.1 Å². The molecule has 1 aromatic rings. The van der Waals surface area contributed by atoms with Crippen molar-refractivity contribution in [1.29, 1.82) is 0 Å². The number of anilines is 1.